The second kappa shape index (κ2) is 11.2. The van der Waals surface area contributed by atoms with Crippen molar-refractivity contribution in [1.82, 2.24) is 19.9 Å². The maximum atomic E-state index is 6.09. The van der Waals surface area contributed by atoms with Crippen molar-refractivity contribution in [2.75, 3.05) is 0 Å². The SMILES string of the molecule is c1ccc(-c2nc(-c3ccccc3)nc(-c3ccc(-c4ccc(-c5cccc6oc7cnccc7c56)cc4)c4ccccc34)n2)cc1. The molecule has 6 aromatic carbocycles. The van der Waals surface area contributed by atoms with E-state index in [-0.39, 0.29) is 0 Å². The highest BCUT2D eigenvalue weighted by atomic mass is 16.3. The van der Waals surface area contributed by atoms with Gasteiger partial charge in [0, 0.05) is 33.7 Å². The van der Waals surface area contributed by atoms with Crippen LogP contribution in [0.3, 0.4) is 0 Å². The van der Waals surface area contributed by atoms with Gasteiger partial charge in [-0.2, -0.15) is 0 Å². The molecule has 0 spiro atoms. The zero-order valence-electron chi connectivity index (χ0n) is 25.2. The third-order valence-corrected chi connectivity index (χ3v) is 8.67. The first-order chi connectivity index (χ1) is 23.3. The summed E-state index contributed by atoms with van der Waals surface area (Å²) in [6.07, 6.45) is 3.59. The van der Waals surface area contributed by atoms with Crippen LogP contribution in [-0.4, -0.2) is 19.9 Å². The minimum atomic E-state index is 0.645. The number of furan rings is 1. The minimum absolute atomic E-state index is 0.645. The fourth-order valence-electron chi connectivity index (χ4n) is 6.43. The molecule has 220 valence electrons. The Kier molecular flexibility index (Phi) is 6.39. The minimum Gasteiger partial charge on any atom is -0.454 e. The van der Waals surface area contributed by atoms with E-state index >= 15 is 0 Å². The van der Waals surface area contributed by atoms with Crippen LogP contribution in [0.5, 0.6) is 0 Å². The molecular formula is C42H26N4O. The molecule has 0 aliphatic carbocycles. The molecule has 0 amide bonds. The number of rotatable bonds is 5. The van der Waals surface area contributed by atoms with Gasteiger partial charge < -0.3 is 4.42 Å². The number of hydrogen-bond acceptors (Lipinski definition) is 5. The van der Waals surface area contributed by atoms with Crippen molar-refractivity contribution < 1.29 is 4.42 Å². The number of pyridine rings is 1. The van der Waals surface area contributed by atoms with E-state index in [2.05, 4.69) is 71.7 Å². The van der Waals surface area contributed by atoms with Crippen LogP contribution < -0.4 is 0 Å². The lowest BCUT2D eigenvalue weighted by molar-refractivity contribution is 0.667. The molecule has 47 heavy (non-hydrogen) atoms. The molecule has 0 unspecified atom stereocenters. The highest BCUT2D eigenvalue weighted by molar-refractivity contribution is 6.12. The highest BCUT2D eigenvalue weighted by Crippen LogP contribution is 2.39. The monoisotopic (exact) mass is 602 g/mol. The summed E-state index contributed by atoms with van der Waals surface area (Å²) in [6.45, 7) is 0. The first-order valence-corrected chi connectivity index (χ1v) is 15.6. The molecule has 5 nitrogen and oxygen atoms in total. The summed E-state index contributed by atoms with van der Waals surface area (Å²) in [5, 5.41) is 4.40. The van der Waals surface area contributed by atoms with Crippen LogP contribution >= 0.6 is 0 Å². The van der Waals surface area contributed by atoms with Crippen molar-refractivity contribution in [2.24, 2.45) is 0 Å². The molecule has 0 N–H and O–H groups in total. The van der Waals surface area contributed by atoms with Gasteiger partial charge in [-0.3, -0.25) is 4.98 Å². The van der Waals surface area contributed by atoms with Gasteiger partial charge >= 0.3 is 0 Å². The van der Waals surface area contributed by atoms with Gasteiger partial charge in [0.25, 0.3) is 0 Å². The van der Waals surface area contributed by atoms with Crippen LogP contribution in [-0.2, 0) is 0 Å². The molecule has 3 aromatic heterocycles. The summed E-state index contributed by atoms with van der Waals surface area (Å²) < 4.78 is 6.09. The molecule has 5 heteroatoms. The molecule has 0 saturated carbocycles. The van der Waals surface area contributed by atoms with E-state index in [0.717, 1.165) is 71.7 Å². The van der Waals surface area contributed by atoms with E-state index in [0.29, 0.717) is 17.5 Å². The fraction of sp³-hybridized carbons (Fsp3) is 0. The van der Waals surface area contributed by atoms with Crippen molar-refractivity contribution in [3.8, 4) is 56.4 Å². The second-order valence-corrected chi connectivity index (χ2v) is 11.5. The average molecular weight is 603 g/mol. The smallest absolute Gasteiger partial charge is 0.164 e. The van der Waals surface area contributed by atoms with Gasteiger partial charge in [-0.05, 0) is 51.2 Å². The van der Waals surface area contributed by atoms with Crippen molar-refractivity contribution in [1.29, 1.82) is 0 Å². The summed E-state index contributed by atoms with van der Waals surface area (Å²) in [6, 6.07) is 50.0. The topological polar surface area (TPSA) is 64.7 Å². The first kappa shape index (κ1) is 26.9. The van der Waals surface area contributed by atoms with E-state index in [9.17, 15) is 0 Å². The molecule has 0 fully saturated rings. The molecule has 0 radical (unpaired) electrons. The molecule has 0 saturated heterocycles. The van der Waals surface area contributed by atoms with Gasteiger partial charge in [0.1, 0.15) is 5.58 Å². The third-order valence-electron chi connectivity index (χ3n) is 8.67. The van der Waals surface area contributed by atoms with Gasteiger partial charge in [0.2, 0.25) is 0 Å². The van der Waals surface area contributed by atoms with E-state index in [1.54, 1.807) is 6.20 Å². The number of fused-ring (bicyclic) bond motifs is 4. The molecular weight excluding hydrogens is 576 g/mol. The van der Waals surface area contributed by atoms with Crippen LogP contribution in [0.2, 0.25) is 0 Å². The van der Waals surface area contributed by atoms with Gasteiger partial charge in [0.15, 0.2) is 23.1 Å². The summed E-state index contributed by atoms with van der Waals surface area (Å²) >= 11 is 0. The van der Waals surface area contributed by atoms with Crippen molar-refractivity contribution in [3.63, 3.8) is 0 Å². The molecule has 0 atom stereocenters. The average Bonchev–Trinajstić information content (AvgIpc) is 3.54. The van der Waals surface area contributed by atoms with E-state index in [1.165, 1.54) is 0 Å². The lowest BCUT2D eigenvalue weighted by atomic mass is 9.93. The number of hydrogen-bond donors (Lipinski definition) is 0. The van der Waals surface area contributed by atoms with E-state index in [1.807, 2.05) is 85.1 Å². The van der Waals surface area contributed by atoms with E-state index < -0.39 is 0 Å². The van der Waals surface area contributed by atoms with Crippen molar-refractivity contribution in [2.45, 2.75) is 0 Å². The highest BCUT2D eigenvalue weighted by Gasteiger charge is 2.17. The van der Waals surface area contributed by atoms with Gasteiger partial charge in [-0.1, -0.05) is 127 Å². The van der Waals surface area contributed by atoms with Crippen LogP contribution in [0.15, 0.2) is 162 Å². The lowest BCUT2D eigenvalue weighted by Crippen LogP contribution is -2.00. The van der Waals surface area contributed by atoms with Crippen molar-refractivity contribution >= 4 is 32.7 Å². The Morgan fingerprint density at radius 1 is 0.362 bits per heavy atom. The van der Waals surface area contributed by atoms with Crippen LogP contribution in [0.1, 0.15) is 0 Å². The molecule has 0 aliphatic heterocycles. The number of nitrogens with zero attached hydrogens (tertiary/aromatic N) is 4. The predicted octanol–water partition coefficient (Wildman–Crippen LogP) is 10.7. The first-order valence-electron chi connectivity index (χ1n) is 15.6. The zero-order chi connectivity index (χ0) is 31.2. The quantitative estimate of drug-likeness (QED) is 0.196. The van der Waals surface area contributed by atoms with Crippen LogP contribution in [0, 0.1) is 0 Å². The summed E-state index contributed by atoms with van der Waals surface area (Å²) in [4.78, 5) is 19.1. The lowest BCUT2D eigenvalue weighted by Gasteiger charge is -2.13. The fourth-order valence-corrected chi connectivity index (χ4v) is 6.43. The molecule has 0 aliphatic rings. The maximum absolute atomic E-state index is 6.09. The number of aromatic nitrogens is 4. The van der Waals surface area contributed by atoms with Crippen LogP contribution in [0.25, 0.3) is 89.1 Å². The summed E-state index contributed by atoms with van der Waals surface area (Å²) in [5.74, 6) is 1.94. The standard InChI is InChI=1S/C42H26N4O/c1-3-10-29(11-4-1)40-44-41(30-12-5-2-6-13-30)46-42(45-40)35-23-22-31(33-14-7-8-15-34(33)35)27-18-20-28(21-19-27)32-16-9-17-37-39(32)36-24-25-43-26-38(36)47-37/h1-26H. The van der Waals surface area contributed by atoms with Gasteiger partial charge in [-0.15, -0.1) is 0 Å². The number of benzene rings is 6. The Balaban J connectivity index is 1.16. The molecule has 9 aromatic rings. The maximum Gasteiger partial charge on any atom is 0.164 e. The zero-order valence-corrected chi connectivity index (χ0v) is 25.2. The van der Waals surface area contributed by atoms with Gasteiger partial charge in [-0.25, -0.2) is 15.0 Å². The Morgan fingerprint density at radius 3 is 1.62 bits per heavy atom. The summed E-state index contributed by atoms with van der Waals surface area (Å²) in [5.41, 5.74) is 9.07. The molecule has 9 rings (SSSR count). The third kappa shape index (κ3) is 4.73. The Hall–Kier alpha value is -6.46. The molecule has 0 bridgehead atoms. The van der Waals surface area contributed by atoms with E-state index in [4.69, 9.17) is 19.4 Å². The van der Waals surface area contributed by atoms with Crippen molar-refractivity contribution in [3.05, 3.63) is 158 Å². The van der Waals surface area contributed by atoms with Crippen LogP contribution in [0.4, 0.5) is 0 Å². The Bertz CT molecular complexity index is 2500. The summed E-state index contributed by atoms with van der Waals surface area (Å²) in [7, 11) is 0. The predicted molar refractivity (Wildman–Crippen MR) is 190 cm³/mol. The largest absolute Gasteiger partial charge is 0.454 e. The second-order valence-electron chi connectivity index (χ2n) is 11.5. The van der Waals surface area contributed by atoms with Gasteiger partial charge in [0.05, 0.1) is 6.20 Å². The normalized spacial score (nSPS) is 11.4. The molecule has 3 heterocycles. The Labute approximate surface area is 270 Å². The Morgan fingerprint density at radius 2 is 0.936 bits per heavy atom.